The average Bonchev–Trinajstić information content (AvgIpc) is 2.85. The van der Waals surface area contributed by atoms with Gasteiger partial charge >= 0.3 is 6.18 Å². The molecule has 0 saturated carbocycles. The van der Waals surface area contributed by atoms with Crippen molar-refractivity contribution in [2.24, 2.45) is 0 Å². The molecule has 0 unspecified atom stereocenters. The van der Waals surface area contributed by atoms with Gasteiger partial charge in [0, 0.05) is 6.54 Å². The Labute approximate surface area is 113 Å². The Morgan fingerprint density at radius 3 is 2.60 bits per heavy atom. The van der Waals surface area contributed by atoms with E-state index in [-0.39, 0.29) is 11.3 Å². The van der Waals surface area contributed by atoms with Crippen LogP contribution in [0.3, 0.4) is 0 Å². The zero-order valence-corrected chi connectivity index (χ0v) is 10.7. The average molecular weight is 286 g/mol. The van der Waals surface area contributed by atoms with E-state index in [0.717, 1.165) is 6.07 Å². The van der Waals surface area contributed by atoms with E-state index in [9.17, 15) is 13.2 Å². The van der Waals surface area contributed by atoms with Crippen LogP contribution >= 0.6 is 0 Å². The van der Waals surface area contributed by atoms with E-state index >= 15 is 0 Å². The molecule has 0 aliphatic heterocycles. The highest BCUT2D eigenvalue weighted by Gasteiger charge is 2.33. The molecule has 0 aliphatic carbocycles. The zero-order chi connectivity index (χ0) is 14.8. The van der Waals surface area contributed by atoms with E-state index < -0.39 is 18.3 Å². The van der Waals surface area contributed by atoms with Crippen LogP contribution in [0.5, 0.6) is 11.5 Å². The van der Waals surface area contributed by atoms with Crippen LogP contribution < -0.4 is 4.74 Å². The van der Waals surface area contributed by atoms with E-state index in [1.165, 1.54) is 18.3 Å². The lowest BCUT2D eigenvalue weighted by Crippen LogP contribution is -2.09. The molecule has 1 N–H and O–H groups in total. The number of benzene rings is 1. The van der Waals surface area contributed by atoms with Gasteiger partial charge in [0.2, 0.25) is 0 Å². The summed E-state index contributed by atoms with van der Waals surface area (Å²) in [6, 6.07) is 3.45. The molecule has 1 heterocycles. The number of aromatic nitrogens is 2. The second kappa shape index (κ2) is 5.54. The Kier molecular flexibility index (Phi) is 3.99. The SMILES string of the molecule is CCn1cc(Oc2ccc(CO)c(C(F)(F)F)c2)cn1. The monoisotopic (exact) mass is 286 g/mol. The zero-order valence-electron chi connectivity index (χ0n) is 10.7. The molecule has 2 rings (SSSR count). The van der Waals surface area contributed by atoms with Gasteiger partial charge in [0.05, 0.1) is 24.6 Å². The molecule has 1 aromatic carbocycles. The first-order chi connectivity index (χ1) is 9.44. The second-order valence-corrected chi connectivity index (χ2v) is 4.11. The van der Waals surface area contributed by atoms with Crippen LogP contribution in [-0.4, -0.2) is 14.9 Å². The van der Waals surface area contributed by atoms with Crippen LogP contribution in [0.15, 0.2) is 30.6 Å². The van der Waals surface area contributed by atoms with Crippen LogP contribution in [0.2, 0.25) is 0 Å². The molecule has 0 amide bonds. The lowest BCUT2D eigenvalue weighted by Gasteiger charge is -2.13. The van der Waals surface area contributed by atoms with Crippen molar-refractivity contribution >= 4 is 0 Å². The minimum Gasteiger partial charge on any atom is -0.454 e. The third-order valence-corrected chi connectivity index (χ3v) is 2.73. The molecule has 1 aromatic heterocycles. The summed E-state index contributed by atoms with van der Waals surface area (Å²) in [5.74, 6) is 0.405. The Bertz CT molecular complexity index is 594. The van der Waals surface area contributed by atoms with Crippen molar-refractivity contribution in [2.75, 3.05) is 0 Å². The standard InChI is InChI=1S/C13H13F3N2O2/c1-2-18-7-11(6-17-18)20-10-4-3-9(8-19)12(5-10)13(14,15)16/h3-7,19H,2,8H2,1H3. The Morgan fingerprint density at radius 2 is 2.05 bits per heavy atom. The molecule has 4 nitrogen and oxygen atoms in total. The summed E-state index contributed by atoms with van der Waals surface area (Å²) in [6.07, 6.45) is -1.52. The summed E-state index contributed by atoms with van der Waals surface area (Å²) in [5.41, 5.74) is -1.09. The molecule has 108 valence electrons. The number of hydrogen-bond donors (Lipinski definition) is 1. The first-order valence-electron chi connectivity index (χ1n) is 5.95. The molecular weight excluding hydrogens is 273 g/mol. The van der Waals surface area contributed by atoms with Crippen molar-refractivity contribution in [3.05, 3.63) is 41.7 Å². The molecule has 7 heteroatoms. The largest absolute Gasteiger partial charge is 0.454 e. The van der Waals surface area contributed by atoms with Crippen molar-refractivity contribution in [2.45, 2.75) is 26.3 Å². The number of alkyl halides is 3. The van der Waals surface area contributed by atoms with Crippen molar-refractivity contribution in [1.29, 1.82) is 0 Å². The number of hydrogen-bond acceptors (Lipinski definition) is 3. The fourth-order valence-corrected chi connectivity index (χ4v) is 1.73. The molecule has 20 heavy (non-hydrogen) atoms. The van der Waals surface area contributed by atoms with Crippen molar-refractivity contribution in [1.82, 2.24) is 9.78 Å². The van der Waals surface area contributed by atoms with Crippen LogP contribution in [0.25, 0.3) is 0 Å². The Morgan fingerprint density at radius 1 is 1.30 bits per heavy atom. The second-order valence-electron chi connectivity index (χ2n) is 4.11. The quantitative estimate of drug-likeness (QED) is 0.938. The maximum Gasteiger partial charge on any atom is 0.416 e. The molecule has 0 fully saturated rings. The summed E-state index contributed by atoms with van der Waals surface area (Å²) in [7, 11) is 0. The van der Waals surface area contributed by atoms with Crippen LogP contribution in [0, 0.1) is 0 Å². The van der Waals surface area contributed by atoms with Gasteiger partial charge in [-0.15, -0.1) is 0 Å². The minimum absolute atomic E-state index is 0.0465. The number of aryl methyl sites for hydroxylation is 1. The van der Waals surface area contributed by atoms with Crippen LogP contribution in [-0.2, 0) is 19.3 Å². The molecule has 0 bridgehead atoms. The Balaban J connectivity index is 2.29. The Hall–Kier alpha value is -2.02. The smallest absolute Gasteiger partial charge is 0.416 e. The van der Waals surface area contributed by atoms with E-state index in [0.29, 0.717) is 12.3 Å². The molecule has 0 radical (unpaired) electrons. The number of halogens is 3. The normalized spacial score (nSPS) is 11.7. The summed E-state index contributed by atoms with van der Waals surface area (Å²) < 4.78 is 45.4. The van der Waals surface area contributed by atoms with Gasteiger partial charge in [-0.1, -0.05) is 6.07 Å². The minimum atomic E-state index is -4.54. The number of rotatable bonds is 4. The fourth-order valence-electron chi connectivity index (χ4n) is 1.73. The molecular formula is C13H13F3N2O2. The number of nitrogens with zero attached hydrogens (tertiary/aromatic N) is 2. The fraction of sp³-hybridized carbons (Fsp3) is 0.308. The summed E-state index contributed by atoms with van der Waals surface area (Å²) in [6.45, 7) is 1.85. The molecule has 2 aromatic rings. The molecule has 0 atom stereocenters. The van der Waals surface area contributed by atoms with Crippen molar-refractivity contribution < 1.29 is 23.0 Å². The highest BCUT2D eigenvalue weighted by Crippen LogP contribution is 2.35. The predicted molar refractivity (Wildman–Crippen MR) is 65.3 cm³/mol. The lowest BCUT2D eigenvalue weighted by molar-refractivity contribution is -0.138. The lowest BCUT2D eigenvalue weighted by atomic mass is 10.1. The van der Waals surface area contributed by atoms with Gasteiger partial charge in [-0.2, -0.15) is 18.3 Å². The topological polar surface area (TPSA) is 47.3 Å². The first kappa shape index (κ1) is 14.4. The van der Waals surface area contributed by atoms with Gasteiger partial charge in [-0.05, 0) is 24.6 Å². The molecule has 0 aliphatic rings. The van der Waals surface area contributed by atoms with Gasteiger partial charge < -0.3 is 9.84 Å². The van der Waals surface area contributed by atoms with E-state index in [4.69, 9.17) is 9.84 Å². The van der Waals surface area contributed by atoms with Crippen LogP contribution in [0.1, 0.15) is 18.1 Å². The molecule has 0 spiro atoms. The summed E-state index contributed by atoms with van der Waals surface area (Å²) >= 11 is 0. The highest BCUT2D eigenvalue weighted by atomic mass is 19.4. The first-order valence-corrected chi connectivity index (χ1v) is 5.95. The van der Waals surface area contributed by atoms with Gasteiger partial charge in [-0.3, -0.25) is 4.68 Å². The number of aliphatic hydroxyl groups excluding tert-OH is 1. The maximum atomic E-state index is 12.8. The number of aliphatic hydroxyl groups is 1. The van der Waals surface area contributed by atoms with Crippen LogP contribution in [0.4, 0.5) is 13.2 Å². The van der Waals surface area contributed by atoms with E-state index in [1.54, 1.807) is 10.9 Å². The van der Waals surface area contributed by atoms with Gasteiger partial charge in [0.25, 0.3) is 0 Å². The summed E-state index contributed by atoms with van der Waals surface area (Å²) in [5, 5.41) is 12.9. The third-order valence-electron chi connectivity index (χ3n) is 2.73. The summed E-state index contributed by atoms with van der Waals surface area (Å²) in [4.78, 5) is 0. The predicted octanol–water partition coefficient (Wildman–Crippen LogP) is 3.21. The maximum absolute atomic E-state index is 12.8. The van der Waals surface area contributed by atoms with Gasteiger partial charge in [0.15, 0.2) is 5.75 Å². The van der Waals surface area contributed by atoms with E-state index in [2.05, 4.69) is 5.10 Å². The van der Waals surface area contributed by atoms with Crippen molar-refractivity contribution in [3.63, 3.8) is 0 Å². The highest BCUT2D eigenvalue weighted by molar-refractivity contribution is 5.39. The number of ether oxygens (including phenoxy) is 1. The third kappa shape index (κ3) is 3.11. The molecule has 0 saturated heterocycles. The van der Waals surface area contributed by atoms with Gasteiger partial charge in [-0.25, -0.2) is 0 Å². The van der Waals surface area contributed by atoms with Crippen molar-refractivity contribution in [3.8, 4) is 11.5 Å². The van der Waals surface area contributed by atoms with E-state index in [1.807, 2.05) is 6.92 Å². The van der Waals surface area contributed by atoms with Gasteiger partial charge in [0.1, 0.15) is 5.75 Å².